The maximum atomic E-state index is 11.5. The van der Waals surface area contributed by atoms with Gasteiger partial charge in [-0.05, 0) is 37.0 Å². The lowest BCUT2D eigenvalue weighted by Gasteiger charge is -2.26. The lowest BCUT2D eigenvalue weighted by atomic mass is 9.81. The fourth-order valence-corrected chi connectivity index (χ4v) is 2.52. The number of rotatable bonds is 1. The number of nitrogens with zero attached hydrogens (tertiary/aromatic N) is 1. The molecule has 1 N–H and O–H groups in total. The molecule has 0 aliphatic heterocycles. The number of halogens is 1. The van der Waals surface area contributed by atoms with Crippen LogP contribution in [0.2, 0.25) is 0 Å². The van der Waals surface area contributed by atoms with Crippen LogP contribution in [-0.2, 0) is 0 Å². The Labute approximate surface area is 101 Å². The Hall–Kier alpha value is -1.16. The summed E-state index contributed by atoms with van der Waals surface area (Å²) in [6.45, 7) is 0. The van der Waals surface area contributed by atoms with Crippen molar-refractivity contribution in [3.05, 3.63) is 38.9 Å². The number of fused-ring (bicyclic) bond motifs is 1. The summed E-state index contributed by atoms with van der Waals surface area (Å²) in [4.78, 5) is 18.3. The van der Waals surface area contributed by atoms with Gasteiger partial charge in [0.25, 0.3) is 0 Å². The van der Waals surface area contributed by atoms with Gasteiger partial charge in [-0.3, -0.25) is 0 Å². The van der Waals surface area contributed by atoms with Crippen LogP contribution in [0.3, 0.4) is 0 Å². The quantitative estimate of drug-likeness (QED) is 0.872. The molecule has 1 aromatic heterocycles. The maximum absolute atomic E-state index is 11.5. The molecule has 0 atom stereocenters. The molecule has 16 heavy (non-hydrogen) atoms. The molecule has 0 amide bonds. The van der Waals surface area contributed by atoms with Crippen molar-refractivity contribution in [3.8, 4) is 0 Å². The molecule has 0 radical (unpaired) electrons. The molecule has 0 unspecified atom stereocenters. The van der Waals surface area contributed by atoms with Crippen LogP contribution >= 0.6 is 15.9 Å². The van der Waals surface area contributed by atoms with Crippen molar-refractivity contribution in [2.24, 2.45) is 0 Å². The minimum atomic E-state index is -0.239. The number of benzene rings is 1. The van der Waals surface area contributed by atoms with E-state index in [9.17, 15) is 4.79 Å². The van der Waals surface area contributed by atoms with Gasteiger partial charge in [0, 0.05) is 15.6 Å². The number of nitrogens with one attached hydrogen (secondary N) is 1. The minimum absolute atomic E-state index is 0.239. The first kappa shape index (κ1) is 10.0. The normalized spacial score (nSPS) is 16.3. The van der Waals surface area contributed by atoms with E-state index in [0.29, 0.717) is 5.92 Å². The second kappa shape index (κ2) is 3.70. The van der Waals surface area contributed by atoms with Crippen LogP contribution in [0.25, 0.3) is 10.9 Å². The number of hydrogen-bond donors (Lipinski definition) is 1. The Morgan fingerprint density at radius 3 is 2.88 bits per heavy atom. The van der Waals surface area contributed by atoms with E-state index in [1.807, 2.05) is 18.2 Å². The molecule has 1 aliphatic carbocycles. The molecule has 1 aliphatic rings. The van der Waals surface area contributed by atoms with Crippen molar-refractivity contribution in [2.45, 2.75) is 25.2 Å². The number of aromatic nitrogens is 2. The molecule has 3 rings (SSSR count). The molecule has 1 fully saturated rings. The third kappa shape index (κ3) is 1.57. The SMILES string of the molecule is O=c1nc2ccc(Br)cc2c(C2CCC2)[nH]1. The summed E-state index contributed by atoms with van der Waals surface area (Å²) in [5.74, 6) is 0.507. The van der Waals surface area contributed by atoms with E-state index < -0.39 is 0 Å². The Morgan fingerprint density at radius 1 is 1.38 bits per heavy atom. The lowest BCUT2D eigenvalue weighted by molar-refractivity contribution is 0.413. The van der Waals surface area contributed by atoms with Gasteiger partial charge in [0.05, 0.1) is 5.52 Å². The molecule has 0 spiro atoms. The molecular formula is C12H11BrN2O. The smallest absolute Gasteiger partial charge is 0.309 e. The average Bonchev–Trinajstić information content (AvgIpc) is 2.16. The van der Waals surface area contributed by atoms with Gasteiger partial charge in [-0.1, -0.05) is 22.4 Å². The second-order valence-corrected chi connectivity index (χ2v) is 5.16. The number of aromatic amines is 1. The van der Waals surface area contributed by atoms with Crippen LogP contribution in [0.1, 0.15) is 30.9 Å². The molecular weight excluding hydrogens is 268 g/mol. The topological polar surface area (TPSA) is 45.8 Å². The summed E-state index contributed by atoms with van der Waals surface area (Å²) in [6.07, 6.45) is 3.59. The molecule has 0 saturated heterocycles. The fourth-order valence-electron chi connectivity index (χ4n) is 2.16. The molecule has 2 aromatic rings. The van der Waals surface area contributed by atoms with Crippen molar-refractivity contribution >= 4 is 26.8 Å². The van der Waals surface area contributed by atoms with Gasteiger partial charge >= 0.3 is 5.69 Å². The largest absolute Gasteiger partial charge is 0.345 e. The zero-order valence-corrected chi connectivity index (χ0v) is 10.3. The van der Waals surface area contributed by atoms with Crippen LogP contribution in [-0.4, -0.2) is 9.97 Å². The Morgan fingerprint density at radius 2 is 2.19 bits per heavy atom. The van der Waals surface area contributed by atoms with E-state index in [1.54, 1.807) is 0 Å². The molecule has 82 valence electrons. The first-order valence-corrected chi connectivity index (χ1v) is 6.23. The Bertz CT molecular complexity index is 601. The van der Waals surface area contributed by atoms with Crippen LogP contribution < -0.4 is 5.69 Å². The van der Waals surface area contributed by atoms with E-state index in [4.69, 9.17) is 0 Å². The summed E-state index contributed by atoms with van der Waals surface area (Å²) in [5.41, 5.74) is 1.60. The zero-order valence-electron chi connectivity index (χ0n) is 8.66. The van der Waals surface area contributed by atoms with Crippen LogP contribution in [0.4, 0.5) is 0 Å². The highest BCUT2D eigenvalue weighted by Gasteiger charge is 2.22. The summed E-state index contributed by atoms with van der Waals surface area (Å²) < 4.78 is 1.02. The number of hydrogen-bond acceptors (Lipinski definition) is 2. The Kier molecular flexibility index (Phi) is 2.32. The van der Waals surface area contributed by atoms with Gasteiger partial charge in [0.15, 0.2) is 0 Å². The van der Waals surface area contributed by atoms with E-state index >= 15 is 0 Å². The van der Waals surface area contributed by atoms with Gasteiger partial charge in [-0.15, -0.1) is 0 Å². The van der Waals surface area contributed by atoms with Crippen LogP contribution in [0.15, 0.2) is 27.5 Å². The summed E-state index contributed by atoms with van der Waals surface area (Å²) >= 11 is 3.45. The van der Waals surface area contributed by atoms with Gasteiger partial charge < -0.3 is 4.98 Å². The summed E-state index contributed by atoms with van der Waals surface area (Å²) in [7, 11) is 0. The van der Waals surface area contributed by atoms with E-state index in [1.165, 1.54) is 19.3 Å². The van der Waals surface area contributed by atoms with Crippen LogP contribution in [0, 0.1) is 0 Å². The van der Waals surface area contributed by atoms with Crippen LogP contribution in [0.5, 0.6) is 0 Å². The van der Waals surface area contributed by atoms with E-state index in [0.717, 1.165) is 21.1 Å². The monoisotopic (exact) mass is 278 g/mol. The maximum Gasteiger partial charge on any atom is 0.345 e. The minimum Gasteiger partial charge on any atom is -0.309 e. The summed E-state index contributed by atoms with van der Waals surface area (Å²) in [5, 5.41) is 1.07. The van der Waals surface area contributed by atoms with Gasteiger partial charge in [0.1, 0.15) is 0 Å². The standard InChI is InChI=1S/C12H11BrN2O/c13-8-4-5-10-9(6-8)11(7-2-1-3-7)15-12(16)14-10/h4-7H,1-3H2,(H,14,15,16). The highest BCUT2D eigenvalue weighted by Crippen LogP contribution is 2.37. The molecule has 1 saturated carbocycles. The third-order valence-corrected chi connectivity index (χ3v) is 3.72. The van der Waals surface area contributed by atoms with Crippen molar-refractivity contribution in [3.63, 3.8) is 0 Å². The van der Waals surface area contributed by atoms with Gasteiger partial charge in [-0.25, -0.2) is 4.79 Å². The molecule has 0 bridgehead atoms. The fraction of sp³-hybridized carbons (Fsp3) is 0.333. The second-order valence-electron chi connectivity index (χ2n) is 4.24. The summed E-state index contributed by atoms with van der Waals surface area (Å²) in [6, 6.07) is 5.84. The number of H-pyrrole nitrogens is 1. The first-order chi connectivity index (χ1) is 7.74. The van der Waals surface area contributed by atoms with Crippen molar-refractivity contribution in [1.29, 1.82) is 0 Å². The molecule has 4 heteroatoms. The predicted molar refractivity (Wildman–Crippen MR) is 66.7 cm³/mol. The molecule has 3 nitrogen and oxygen atoms in total. The Balaban J connectivity index is 2.31. The highest BCUT2D eigenvalue weighted by molar-refractivity contribution is 9.10. The predicted octanol–water partition coefficient (Wildman–Crippen LogP) is 2.95. The highest BCUT2D eigenvalue weighted by atomic mass is 79.9. The average molecular weight is 279 g/mol. The lowest BCUT2D eigenvalue weighted by Crippen LogP contribution is -2.19. The third-order valence-electron chi connectivity index (χ3n) is 3.23. The van der Waals surface area contributed by atoms with E-state index in [-0.39, 0.29) is 5.69 Å². The van der Waals surface area contributed by atoms with Crippen molar-refractivity contribution in [2.75, 3.05) is 0 Å². The zero-order chi connectivity index (χ0) is 11.1. The van der Waals surface area contributed by atoms with Crippen molar-refractivity contribution < 1.29 is 0 Å². The molecule has 1 heterocycles. The molecule has 1 aromatic carbocycles. The first-order valence-electron chi connectivity index (χ1n) is 5.43. The van der Waals surface area contributed by atoms with Gasteiger partial charge in [-0.2, -0.15) is 4.98 Å². The van der Waals surface area contributed by atoms with E-state index in [2.05, 4.69) is 25.9 Å². The van der Waals surface area contributed by atoms with Gasteiger partial charge in [0.2, 0.25) is 0 Å². The van der Waals surface area contributed by atoms with Crippen molar-refractivity contribution in [1.82, 2.24) is 9.97 Å².